The van der Waals surface area contributed by atoms with E-state index >= 15 is 4.39 Å². The predicted molar refractivity (Wildman–Crippen MR) is 149 cm³/mol. The number of nitrogens with zero attached hydrogens (tertiary/aromatic N) is 5. The fraction of sp³-hybridized carbons (Fsp3) is 0.233. The first-order chi connectivity index (χ1) is 19.2. The van der Waals surface area contributed by atoms with E-state index in [0.717, 1.165) is 52.3 Å². The lowest BCUT2D eigenvalue weighted by molar-refractivity contribution is 0.489. The van der Waals surface area contributed by atoms with Gasteiger partial charge in [0.1, 0.15) is 11.2 Å². The second kappa shape index (κ2) is 9.99. The lowest BCUT2D eigenvalue weighted by Gasteiger charge is -2.11. The number of benzene rings is 1. The Bertz CT molecular complexity index is 1770. The van der Waals surface area contributed by atoms with Crippen molar-refractivity contribution in [2.75, 3.05) is 6.54 Å². The Balaban J connectivity index is 1.23. The zero-order valence-electron chi connectivity index (χ0n) is 21.3. The van der Waals surface area contributed by atoms with E-state index < -0.39 is 5.82 Å². The smallest absolute Gasteiger partial charge is 0.178 e. The summed E-state index contributed by atoms with van der Waals surface area (Å²) in [6, 6.07) is 11.3. The Morgan fingerprint density at radius 1 is 0.949 bits per heavy atom. The number of aromatic nitrogens is 7. The van der Waals surface area contributed by atoms with Gasteiger partial charge in [-0.1, -0.05) is 18.9 Å². The summed E-state index contributed by atoms with van der Waals surface area (Å²) in [7, 11) is 0. The van der Waals surface area contributed by atoms with E-state index in [0.29, 0.717) is 22.6 Å². The van der Waals surface area contributed by atoms with Crippen molar-refractivity contribution in [3.63, 3.8) is 0 Å². The predicted octanol–water partition coefficient (Wildman–Crippen LogP) is 6.04. The number of pyridine rings is 3. The number of H-pyrrole nitrogens is 2. The van der Waals surface area contributed by atoms with Gasteiger partial charge in [-0.3, -0.25) is 15.1 Å². The zero-order valence-corrected chi connectivity index (χ0v) is 21.3. The Morgan fingerprint density at radius 3 is 2.72 bits per heavy atom. The van der Waals surface area contributed by atoms with Gasteiger partial charge in [0.25, 0.3) is 0 Å². The number of hydrogen-bond donors (Lipinski definition) is 3. The van der Waals surface area contributed by atoms with Gasteiger partial charge in [0, 0.05) is 59.6 Å². The third-order valence-electron chi connectivity index (χ3n) is 7.58. The average molecular weight is 519 g/mol. The highest BCUT2D eigenvalue weighted by Gasteiger charge is 2.19. The summed E-state index contributed by atoms with van der Waals surface area (Å²) < 4.78 is 15.3. The van der Waals surface area contributed by atoms with Gasteiger partial charge in [0.15, 0.2) is 17.3 Å². The van der Waals surface area contributed by atoms with Gasteiger partial charge in [-0.15, -0.1) is 0 Å². The molecule has 5 aromatic heterocycles. The van der Waals surface area contributed by atoms with Gasteiger partial charge in [-0.25, -0.2) is 14.4 Å². The SMILES string of the molecule is Fc1cc(-c2cncc(CNCC3CCCC3)c2)cc2c(-c3nc4nccc(-c5cccnc5)c4[nH]3)[nH]nc12. The lowest BCUT2D eigenvalue weighted by Crippen LogP contribution is -2.20. The van der Waals surface area contributed by atoms with E-state index in [-0.39, 0.29) is 5.52 Å². The van der Waals surface area contributed by atoms with Crippen LogP contribution in [0.3, 0.4) is 0 Å². The zero-order chi connectivity index (χ0) is 26.2. The van der Waals surface area contributed by atoms with Crippen molar-refractivity contribution >= 4 is 22.1 Å². The highest BCUT2D eigenvalue weighted by molar-refractivity contribution is 5.97. The van der Waals surface area contributed by atoms with Crippen molar-refractivity contribution in [3.05, 3.63) is 78.8 Å². The number of hydrogen-bond acceptors (Lipinski definition) is 6. The molecule has 7 rings (SSSR count). The molecule has 1 saturated carbocycles. The first-order valence-electron chi connectivity index (χ1n) is 13.3. The summed E-state index contributed by atoms with van der Waals surface area (Å²) in [5.41, 5.74) is 6.76. The Hall–Kier alpha value is -4.50. The van der Waals surface area contributed by atoms with E-state index in [4.69, 9.17) is 4.98 Å². The van der Waals surface area contributed by atoms with Crippen LogP contribution in [0.15, 0.2) is 67.4 Å². The molecule has 0 unspecified atom stereocenters. The van der Waals surface area contributed by atoms with Crippen molar-refractivity contribution < 1.29 is 4.39 Å². The van der Waals surface area contributed by atoms with Crippen LogP contribution in [0.5, 0.6) is 0 Å². The Labute approximate surface area is 224 Å². The molecule has 9 heteroatoms. The van der Waals surface area contributed by atoms with Crippen LogP contribution in [0.4, 0.5) is 4.39 Å². The monoisotopic (exact) mass is 518 g/mol. The number of halogens is 1. The molecule has 194 valence electrons. The van der Waals surface area contributed by atoms with E-state index in [1.54, 1.807) is 24.8 Å². The highest BCUT2D eigenvalue weighted by atomic mass is 19.1. The molecule has 1 aromatic carbocycles. The fourth-order valence-electron chi connectivity index (χ4n) is 5.59. The van der Waals surface area contributed by atoms with E-state index in [9.17, 15) is 0 Å². The molecule has 0 radical (unpaired) electrons. The summed E-state index contributed by atoms with van der Waals surface area (Å²) in [5, 5.41) is 11.4. The first-order valence-corrected chi connectivity index (χ1v) is 13.3. The van der Waals surface area contributed by atoms with E-state index in [1.807, 2.05) is 30.5 Å². The molecule has 0 amide bonds. The fourth-order valence-corrected chi connectivity index (χ4v) is 5.59. The van der Waals surface area contributed by atoms with Crippen molar-refractivity contribution in [1.29, 1.82) is 0 Å². The summed E-state index contributed by atoms with van der Waals surface area (Å²) in [5.74, 6) is 0.905. The maximum atomic E-state index is 15.3. The van der Waals surface area contributed by atoms with Crippen molar-refractivity contribution in [2.45, 2.75) is 32.2 Å². The van der Waals surface area contributed by atoms with E-state index in [1.165, 1.54) is 31.7 Å². The normalized spacial score (nSPS) is 14.1. The number of nitrogens with one attached hydrogen (secondary N) is 3. The molecule has 0 atom stereocenters. The van der Waals surface area contributed by atoms with Gasteiger partial charge in [-0.2, -0.15) is 5.10 Å². The maximum absolute atomic E-state index is 15.3. The van der Waals surface area contributed by atoms with Crippen molar-refractivity contribution in [1.82, 2.24) is 40.4 Å². The largest absolute Gasteiger partial charge is 0.335 e. The number of fused-ring (bicyclic) bond motifs is 2. The lowest BCUT2D eigenvalue weighted by atomic mass is 10.0. The number of imidazole rings is 1. The van der Waals surface area contributed by atoms with Crippen LogP contribution in [0.1, 0.15) is 31.2 Å². The van der Waals surface area contributed by atoms with E-state index in [2.05, 4.69) is 41.5 Å². The van der Waals surface area contributed by atoms with Crippen LogP contribution < -0.4 is 5.32 Å². The van der Waals surface area contributed by atoms with Gasteiger partial charge in [0.2, 0.25) is 0 Å². The van der Waals surface area contributed by atoms with Crippen molar-refractivity contribution in [3.8, 4) is 33.8 Å². The third-order valence-corrected chi connectivity index (χ3v) is 7.58. The second-order valence-corrected chi connectivity index (χ2v) is 10.2. The number of rotatable bonds is 7. The Kier molecular flexibility index (Phi) is 6.05. The molecule has 8 nitrogen and oxygen atoms in total. The first kappa shape index (κ1) is 23.6. The average Bonchev–Trinajstić information content (AvgIpc) is 3.73. The van der Waals surface area contributed by atoms with Crippen LogP contribution in [0, 0.1) is 11.7 Å². The minimum atomic E-state index is -0.403. The molecule has 5 heterocycles. The summed E-state index contributed by atoms with van der Waals surface area (Å²) in [6.07, 6.45) is 14.2. The molecule has 1 aliphatic carbocycles. The molecule has 0 saturated heterocycles. The topological polar surface area (TPSA) is 108 Å². The summed E-state index contributed by atoms with van der Waals surface area (Å²) >= 11 is 0. The van der Waals surface area contributed by atoms with Gasteiger partial charge >= 0.3 is 0 Å². The molecule has 1 aliphatic rings. The molecule has 0 bridgehead atoms. The molecule has 1 fully saturated rings. The van der Waals surface area contributed by atoms with Crippen LogP contribution in [0.25, 0.3) is 55.8 Å². The molecule has 0 spiro atoms. The molecule has 6 aromatic rings. The van der Waals surface area contributed by atoms with Crippen LogP contribution in [-0.2, 0) is 6.54 Å². The van der Waals surface area contributed by atoms with Gasteiger partial charge < -0.3 is 10.3 Å². The van der Waals surface area contributed by atoms with Crippen LogP contribution in [-0.4, -0.2) is 41.7 Å². The van der Waals surface area contributed by atoms with Crippen molar-refractivity contribution in [2.24, 2.45) is 5.92 Å². The van der Waals surface area contributed by atoms with Crippen LogP contribution in [0.2, 0.25) is 0 Å². The van der Waals surface area contributed by atoms with Gasteiger partial charge in [-0.05, 0) is 66.8 Å². The molecule has 3 N–H and O–H groups in total. The second-order valence-electron chi connectivity index (χ2n) is 10.2. The number of aromatic amines is 2. The van der Waals surface area contributed by atoms with Gasteiger partial charge in [0.05, 0.1) is 5.52 Å². The minimum Gasteiger partial charge on any atom is -0.335 e. The molecular formula is C30H27FN8. The third kappa shape index (κ3) is 4.55. The minimum absolute atomic E-state index is 0.261. The highest BCUT2D eigenvalue weighted by Crippen LogP contribution is 2.33. The quantitative estimate of drug-likeness (QED) is 0.238. The molecule has 39 heavy (non-hydrogen) atoms. The standard InChI is InChI=1S/C30H27FN8/c31-25-12-21(22-10-19(15-34-17-22)14-33-13-18-4-1-2-5-18)11-24-26(25)38-39-28(24)30-36-27-23(7-9-35-29(27)37-30)20-6-3-8-32-16-20/h3,6-12,15-18,33H,1-2,4-5,13-14H2,(H,38,39)(H,35,36,37). The van der Waals surface area contributed by atoms with Crippen LogP contribution >= 0.6 is 0 Å². The molecular weight excluding hydrogens is 491 g/mol. The maximum Gasteiger partial charge on any atom is 0.178 e. The Morgan fingerprint density at radius 2 is 1.85 bits per heavy atom. The molecule has 0 aliphatic heterocycles. The summed E-state index contributed by atoms with van der Waals surface area (Å²) in [4.78, 5) is 21.2. The summed E-state index contributed by atoms with van der Waals surface area (Å²) in [6.45, 7) is 1.77.